The molecule has 0 unspecified atom stereocenters. The van der Waals surface area contributed by atoms with Gasteiger partial charge in [0.25, 0.3) is 5.91 Å². The fourth-order valence-electron chi connectivity index (χ4n) is 2.50. The first-order chi connectivity index (χ1) is 10.2. The molecule has 0 radical (unpaired) electrons. The minimum absolute atomic E-state index is 0.0229. The Morgan fingerprint density at radius 2 is 2.24 bits per heavy atom. The van der Waals surface area contributed by atoms with Crippen molar-refractivity contribution in [3.63, 3.8) is 0 Å². The zero-order valence-electron chi connectivity index (χ0n) is 12.3. The van der Waals surface area contributed by atoms with E-state index in [4.69, 9.17) is 10.5 Å². The molecule has 1 aliphatic rings. The largest absolute Gasteiger partial charge is 0.384 e. The van der Waals surface area contributed by atoms with Crippen LogP contribution in [0.25, 0.3) is 0 Å². The fraction of sp³-hybridized carbons (Fsp3) is 0.500. The molecule has 0 aromatic carbocycles. The van der Waals surface area contributed by atoms with Crippen molar-refractivity contribution in [3.05, 3.63) is 29.6 Å². The molecule has 0 bridgehead atoms. The zero-order chi connectivity index (χ0) is 15.1. The van der Waals surface area contributed by atoms with E-state index in [0.29, 0.717) is 18.0 Å². The molecule has 1 saturated heterocycles. The second kappa shape index (κ2) is 7.77. The smallest absolute Gasteiger partial charge is 0.255 e. The van der Waals surface area contributed by atoms with Crippen LogP contribution in [0.3, 0.4) is 0 Å². The second-order valence-electron chi connectivity index (χ2n) is 5.16. The highest BCUT2D eigenvalue weighted by atomic mass is 16.5. The summed E-state index contributed by atoms with van der Waals surface area (Å²) in [5, 5.41) is 0. The van der Waals surface area contributed by atoms with Gasteiger partial charge in [0, 0.05) is 44.8 Å². The maximum atomic E-state index is 12.5. The average Bonchev–Trinajstić information content (AvgIpc) is 2.53. The summed E-state index contributed by atoms with van der Waals surface area (Å²) in [6, 6.07) is 1.78. The Balaban J connectivity index is 2.00. The van der Waals surface area contributed by atoms with E-state index in [0.717, 1.165) is 38.1 Å². The molecule has 0 saturated carbocycles. The Morgan fingerprint density at radius 1 is 1.48 bits per heavy atom. The summed E-state index contributed by atoms with van der Waals surface area (Å²) >= 11 is 0. The number of aromatic nitrogens is 1. The lowest BCUT2D eigenvalue weighted by atomic mass is 9.97. The van der Waals surface area contributed by atoms with Crippen molar-refractivity contribution in [2.24, 2.45) is 11.7 Å². The number of nitrogens with two attached hydrogens (primary N) is 1. The molecular weight excluding hydrogens is 266 g/mol. The Bertz CT molecular complexity index is 540. The number of ether oxygens (including phenoxy) is 1. The SMILES string of the molecule is COCC1CCN(C(=O)c2cncc(C#CCN)c2)CC1. The van der Waals surface area contributed by atoms with Crippen LogP contribution in [0.15, 0.2) is 18.5 Å². The maximum Gasteiger partial charge on any atom is 0.255 e. The van der Waals surface area contributed by atoms with Crippen LogP contribution in [-0.2, 0) is 4.74 Å². The maximum absolute atomic E-state index is 12.5. The molecule has 1 aromatic heterocycles. The number of nitrogens with zero attached hydrogens (tertiary/aromatic N) is 2. The number of rotatable bonds is 3. The number of carbonyl (C=O) groups excluding carboxylic acids is 1. The van der Waals surface area contributed by atoms with Gasteiger partial charge >= 0.3 is 0 Å². The molecule has 0 spiro atoms. The van der Waals surface area contributed by atoms with Gasteiger partial charge in [0.05, 0.1) is 12.1 Å². The van der Waals surface area contributed by atoms with E-state index in [9.17, 15) is 4.79 Å². The van der Waals surface area contributed by atoms with Crippen LogP contribution in [0.2, 0.25) is 0 Å². The molecule has 1 aliphatic heterocycles. The van der Waals surface area contributed by atoms with Crippen LogP contribution in [0.1, 0.15) is 28.8 Å². The highest BCUT2D eigenvalue weighted by Gasteiger charge is 2.23. The van der Waals surface area contributed by atoms with Gasteiger partial charge in [-0.1, -0.05) is 11.8 Å². The molecule has 21 heavy (non-hydrogen) atoms. The molecule has 0 aliphatic carbocycles. The first-order valence-corrected chi connectivity index (χ1v) is 7.16. The van der Waals surface area contributed by atoms with Crippen molar-refractivity contribution in [2.75, 3.05) is 33.4 Å². The van der Waals surface area contributed by atoms with E-state index >= 15 is 0 Å². The zero-order valence-corrected chi connectivity index (χ0v) is 12.3. The van der Waals surface area contributed by atoms with Crippen LogP contribution in [0.5, 0.6) is 0 Å². The van der Waals surface area contributed by atoms with Gasteiger partial charge in [0.15, 0.2) is 0 Å². The van der Waals surface area contributed by atoms with Gasteiger partial charge in [-0.3, -0.25) is 9.78 Å². The molecule has 5 nitrogen and oxygen atoms in total. The van der Waals surface area contributed by atoms with Crippen LogP contribution in [0, 0.1) is 17.8 Å². The summed E-state index contributed by atoms with van der Waals surface area (Å²) < 4.78 is 5.18. The Morgan fingerprint density at radius 3 is 2.90 bits per heavy atom. The van der Waals surface area contributed by atoms with E-state index < -0.39 is 0 Å². The van der Waals surface area contributed by atoms with Gasteiger partial charge in [-0.15, -0.1) is 0 Å². The minimum Gasteiger partial charge on any atom is -0.384 e. The van der Waals surface area contributed by atoms with Crippen molar-refractivity contribution in [2.45, 2.75) is 12.8 Å². The fourth-order valence-corrected chi connectivity index (χ4v) is 2.50. The molecule has 1 fully saturated rings. The third-order valence-electron chi connectivity index (χ3n) is 3.62. The van der Waals surface area contributed by atoms with Gasteiger partial charge < -0.3 is 15.4 Å². The van der Waals surface area contributed by atoms with Crippen molar-refractivity contribution in [1.29, 1.82) is 0 Å². The third-order valence-corrected chi connectivity index (χ3v) is 3.62. The number of piperidine rings is 1. The van der Waals surface area contributed by atoms with Gasteiger partial charge in [0.1, 0.15) is 0 Å². The molecule has 2 rings (SSSR count). The lowest BCUT2D eigenvalue weighted by Crippen LogP contribution is -2.39. The highest BCUT2D eigenvalue weighted by Crippen LogP contribution is 2.19. The summed E-state index contributed by atoms with van der Waals surface area (Å²) in [5.41, 5.74) is 6.66. The van der Waals surface area contributed by atoms with Crippen LogP contribution >= 0.6 is 0 Å². The molecule has 1 aromatic rings. The Kier molecular flexibility index (Phi) is 5.73. The molecule has 5 heteroatoms. The monoisotopic (exact) mass is 287 g/mol. The van der Waals surface area contributed by atoms with E-state index in [1.165, 1.54) is 0 Å². The van der Waals surface area contributed by atoms with Gasteiger partial charge in [-0.05, 0) is 24.8 Å². The van der Waals surface area contributed by atoms with Crippen LogP contribution < -0.4 is 5.73 Å². The van der Waals surface area contributed by atoms with E-state index in [1.54, 1.807) is 25.6 Å². The molecule has 0 atom stereocenters. The number of pyridine rings is 1. The van der Waals surface area contributed by atoms with Crippen LogP contribution in [-0.4, -0.2) is 49.1 Å². The number of hydrogen-bond acceptors (Lipinski definition) is 4. The lowest BCUT2D eigenvalue weighted by molar-refractivity contribution is 0.0613. The van der Waals surface area contributed by atoms with E-state index in [2.05, 4.69) is 16.8 Å². The predicted octanol–water partition coefficient (Wildman–Crippen LogP) is 0.890. The van der Waals surface area contributed by atoms with Crippen molar-refractivity contribution < 1.29 is 9.53 Å². The first kappa shape index (κ1) is 15.5. The van der Waals surface area contributed by atoms with Crippen LogP contribution in [0.4, 0.5) is 0 Å². The van der Waals surface area contributed by atoms with Crippen molar-refractivity contribution >= 4 is 5.91 Å². The quantitative estimate of drug-likeness (QED) is 0.838. The lowest BCUT2D eigenvalue weighted by Gasteiger charge is -2.31. The average molecular weight is 287 g/mol. The first-order valence-electron chi connectivity index (χ1n) is 7.16. The number of hydrogen-bond donors (Lipinski definition) is 1. The molecule has 2 heterocycles. The minimum atomic E-state index is 0.0229. The number of methoxy groups -OCH3 is 1. The van der Waals surface area contributed by atoms with E-state index in [1.807, 2.05) is 4.90 Å². The van der Waals surface area contributed by atoms with Crippen molar-refractivity contribution in [3.8, 4) is 11.8 Å². The number of carbonyl (C=O) groups is 1. The normalized spacial score (nSPS) is 15.4. The summed E-state index contributed by atoms with van der Waals surface area (Å²) in [7, 11) is 1.72. The summed E-state index contributed by atoms with van der Waals surface area (Å²) in [5.74, 6) is 6.25. The number of likely N-dealkylation sites (tertiary alicyclic amines) is 1. The third kappa shape index (κ3) is 4.28. The standard InChI is InChI=1S/C16H21N3O2/c1-21-12-13-4-7-19(8-5-13)16(20)15-9-14(3-2-6-17)10-18-11-15/h9-11,13H,4-8,12,17H2,1H3. The molecule has 1 amide bonds. The number of amides is 1. The Labute approximate surface area is 125 Å². The van der Waals surface area contributed by atoms with Gasteiger partial charge in [-0.2, -0.15) is 0 Å². The summed E-state index contributed by atoms with van der Waals surface area (Å²) in [4.78, 5) is 18.4. The summed E-state index contributed by atoms with van der Waals surface area (Å²) in [6.07, 6.45) is 5.21. The summed E-state index contributed by atoms with van der Waals surface area (Å²) in [6.45, 7) is 2.61. The topological polar surface area (TPSA) is 68.5 Å². The highest BCUT2D eigenvalue weighted by molar-refractivity contribution is 5.94. The molecule has 112 valence electrons. The predicted molar refractivity (Wildman–Crippen MR) is 80.7 cm³/mol. The van der Waals surface area contributed by atoms with Gasteiger partial charge in [0.2, 0.25) is 0 Å². The molecule has 2 N–H and O–H groups in total. The van der Waals surface area contributed by atoms with E-state index in [-0.39, 0.29) is 5.91 Å². The Hall–Kier alpha value is -1.90. The molecular formula is C16H21N3O2. The van der Waals surface area contributed by atoms with Crippen molar-refractivity contribution in [1.82, 2.24) is 9.88 Å². The van der Waals surface area contributed by atoms with Gasteiger partial charge in [-0.25, -0.2) is 0 Å². The second-order valence-corrected chi connectivity index (χ2v) is 5.16.